The lowest BCUT2D eigenvalue weighted by atomic mass is 10.00. The highest BCUT2D eigenvalue weighted by molar-refractivity contribution is 14.1. The Morgan fingerprint density at radius 1 is 0.862 bits per heavy atom. The zero-order chi connectivity index (χ0) is 21.0. The number of hydrogen-bond donors (Lipinski definition) is 1. The maximum absolute atomic E-state index is 12.9. The van der Waals surface area contributed by atoms with Crippen molar-refractivity contribution in [3.8, 4) is 0 Å². The van der Waals surface area contributed by atoms with E-state index in [1.165, 1.54) is 12.1 Å². The number of hydrogen-bond acceptors (Lipinski definition) is 2. The summed E-state index contributed by atoms with van der Waals surface area (Å²) < 4.78 is 39.4. The zero-order valence-electron chi connectivity index (χ0n) is 15.0. The van der Waals surface area contributed by atoms with Gasteiger partial charge in [0, 0.05) is 15.6 Å². The van der Waals surface area contributed by atoms with Gasteiger partial charge in [0.15, 0.2) is 5.78 Å². The Morgan fingerprint density at radius 2 is 1.52 bits per heavy atom. The highest BCUT2D eigenvalue weighted by atomic mass is 127. The molecule has 0 aliphatic heterocycles. The van der Waals surface area contributed by atoms with Gasteiger partial charge >= 0.3 is 6.18 Å². The SMILES string of the molecule is O=C(Nc1ccccc1C(=O)Cc1cccc(C(F)(F)F)c1)c1ccccc1I. The molecule has 0 bridgehead atoms. The minimum Gasteiger partial charge on any atom is -0.321 e. The summed E-state index contributed by atoms with van der Waals surface area (Å²) in [5.41, 5.74) is 0.471. The van der Waals surface area contributed by atoms with E-state index in [4.69, 9.17) is 0 Å². The maximum Gasteiger partial charge on any atom is 0.416 e. The van der Waals surface area contributed by atoms with Gasteiger partial charge in [0.25, 0.3) is 5.91 Å². The van der Waals surface area contributed by atoms with Crippen LogP contribution in [-0.2, 0) is 12.6 Å². The molecule has 0 radical (unpaired) electrons. The van der Waals surface area contributed by atoms with Crippen LogP contribution in [0.5, 0.6) is 0 Å². The molecule has 3 nitrogen and oxygen atoms in total. The van der Waals surface area contributed by atoms with Crippen LogP contribution >= 0.6 is 22.6 Å². The van der Waals surface area contributed by atoms with Crippen molar-refractivity contribution in [3.63, 3.8) is 0 Å². The first-order chi connectivity index (χ1) is 13.8. The van der Waals surface area contributed by atoms with Crippen LogP contribution in [-0.4, -0.2) is 11.7 Å². The molecular weight excluding hydrogens is 494 g/mol. The molecule has 0 aliphatic rings. The predicted octanol–water partition coefficient (Wildman–Crippen LogP) is 5.99. The molecule has 3 aromatic carbocycles. The highest BCUT2D eigenvalue weighted by Crippen LogP contribution is 2.30. The van der Waals surface area contributed by atoms with Crippen LogP contribution < -0.4 is 5.32 Å². The molecule has 7 heteroatoms. The Bertz CT molecular complexity index is 1060. The van der Waals surface area contributed by atoms with Crippen LogP contribution in [0, 0.1) is 3.57 Å². The maximum atomic E-state index is 12.9. The van der Waals surface area contributed by atoms with Gasteiger partial charge in [-0.15, -0.1) is 0 Å². The van der Waals surface area contributed by atoms with E-state index in [1.807, 2.05) is 28.7 Å². The van der Waals surface area contributed by atoms with Crippen molar-refractivity contribution in [3.05, 3.63) is 98.6 Å². The lowest BCUT2D eigenvalue weighted by molar-refractivity contribution is -0.137. The molecule has 0 spiro atoms. The average molecular weight is 509 g/mol. The van der Waals surface area contributed by atoms with Crippen molar-refractivity contribution in [2.24, 2.45) is 0 Å². The summed E-state index contributed by atoms with van der Waals surface area (Å²) in [6.45, 7) is 0. The minimum absolute atomic E-state index is 0.209. The highest BCUT2D eigenvalue weighted by Gasteiger charge is 2.30. The number of anilines is 1. The second-order valence-electron chi connectivity index (χ2n) is 6.28. The molecule has 0 atom stereocenters. The molecule has 1 amide bonds. The number of Topliss-reactive ketones (excluding diaryl/α,β-unsaturated/α-hetero) is 1. The third kappa shape index (κ3) is 5.23. The van der Waals surface area contributed by atoms with Gasteiger partial charge in [-0.05, 0) is 58.5 Å². The monoisotopic (exact) mass is 509 g/mol. The fraction of sp³-hybridized carbons (Fsp3) is 0.0909. The van der Waals surface area contributed by atoms with Gasteiger partial charge in [0.05, 0.1) is 16.8 Å². The lowest BCUT2D eigenvalue weighted by Gasteiger charge is -2.12. The van der Waals surface area contributed by atoms with Crippen molar-refractivity contribution in [2.75, 3.05) is 5.32 Å². The number of carbonyl (C=O) groups excluding carboxylic acids is 2. The van der Waals surface area contributed by atoms with Crippen LogP contribution in [0.3, 0.4) is 0 Å². The Morgan fingerprint density at radius 3 is 2.21 bits per heavy atom. The largest absolute Gasteiger partial charge is 0.416 e. The average Bonchev–Trinajstić information content (AvgIpc) is 2.68. The van der Waals surface area contributed by atoms with Crippen molar-refractivity contribution in [1.82, 2.24) is 0 Å². The van der Waals surface area contributed by atoms with Crippen LogP contribution in [0.2, 0.25) is 0 Å². The second-order valence-corrected chi connectivity index (χ2v) is 7.44. The Hall–Kier alpha value is -2.68. The van der Waals surface area contributed by atoms with E-state index in [0.29, 0.717) is 11.3 Å². The van der Waals surface area contributed by atoms with E-state index in [2.05, 4.69) is 5.32 Å². The van der Waals surface area contributed by atoms with Crippen molar-refractivity contribution >= 4 is 40.0 Å². The first kappa shape index (κ1) is 21.0. The number of rotatable bonds is 5. The first-order valence-corrected chi connectivity index (χ1v) is 9.68. The molecule has 3 aromatic rings. The van der Waals surface area contributed by atoms with Gasteiger partial charge < -0.3 is 5.32 Å². The number of alkyl halides is 3. The number of amides is 1. The molecule has 0 heterocycles. The molecule has 0 saturated heterocycles. The van der Waals surface area contributed by atoms with Gasteiger partial charge in [-0.2, -0.15) is 13.2 Å². The third-order valence-electron chi connectivity index (χ3n) is 4.21. The molecular formula is C22H15F3INO2. The smallest absolute Gasteiger partial charge is 0.321 e. The number of halogens is 4. The van der Waals surface area contributed by atoms with Gasteiger partial charge in [-0.25, -0.2) is 0 Å². The van der Waals surface area contributed by atoms with E-state index >= 15 is 0 Å². The van der Waals surface area contributed by atoms with Crippen molar-refractivity contribution in [1.29, 1.82) is 0 Å². The molecule has 0 fully saturated rings. The summed E-state index contributed by atoms with van der Waals surface area (Å²) in [6.07, 6.45) is -4.68. The molecule has 0 saturated carbocycles. The topological polar surface area (TPSA) is 46.2 Å². The van der Waals surface area contributed by atoms with E-state index in [0.717, 1.165) is 15.7 Å². The summed E-state index contributed by atoms with van der Waals surface area (Å²) in [6, 6.07) is 18.1. The normalized spacial score (nSPS) is 11.2. The fourth-order valence-electron chi connectivity index (χ4n) is 2.81. The fourth-order valence-corrected chi connectivity index (χ4v) is 3.44. The van der Waals surface area contributed by atoms with Gasteiger partial charge in [-0.1, -0.05) is 42.5 Å². The van der Waals surface area contributed by atoms with E-state index in [9.17, 15) is 22.8 Å². The van der Waals surface area contributed by atoms with Crippen molar-refractivity contribution < 1.29 is 22.8 Å². The Kier molecular flexibility index (Phi) is 6.36. The summed E-state index contributed by atoms with van der Waals surface area (Å²) >= 11 is 2.05. The summed E-state index contributed by atoms with van der Waals surface area (Å²) in [5, 5.41) is 2.73. The summed E-state index contributed by atoms with van der Waals surface area (Å²) in [4.78, 5) is 25.3. The van der Waals surface area contributed by atoms with Crippen LogP contribution in [0.4, 0.5) is 18.9 Å². The van der Waals surface area contributed by atoms with E-state index in [1.54, 1.807) is 42.5 Å². The van der Waals surface area contributed by atoms with E-state index in [-0.39, 0.29) is 29.2 Å². The number of benzene rings is 3. The first-order valence-electron chi connectivity index (χ1n) is 8.60. The number of para-hydroxylation sites is 1. The Balaban J connectivity index is 1.83. The molecule has 148 valence electrons. The number of carbonyl (C=O) groups is 2. The van der Waals surface area contributed by atoms with Gasteiger partial charge in [0.1, 0.15) is 0 Å². The van der Waals surface area contributed by atoms with Gasteiger partial charge in [0.2, 0.25) is 0 Å². The van der Waals surface area contributed by atoms with Crippen LogP contribution in [0.15, 0.2) is 72.8 Å². The molecule has 0 unspecified atom stereocenters. The number of nitrogens with one attached hydrogen (secondary N) is 1. The van der Waals surface area contributed by atoms with E-state index < -0.39 is 11.7 Å². The van der Waals surface area contributed by atoms with Gasteiger partial charge in [-0.3, -0.25) is 9.59 Å². The standard InChI is InChI=1S/C22H15F3INO2/c23-22(24,25)15-7-5-6-14(12-15)13-20(28)17-9-2-4-11-19(17)27-21(29)16-8-1-3-10-18(16)26/h1-12H,13H2,(H,27,29). The molecule has 3 rings (SSSR count). The summed E-state index contributed by atoms with van der Waals surface area (Å²) in [5.74, 6) is -0.752. The third-order valence-corrected chi connectivity index (χ3v) is 5.15. The quantitative estimate of drug-likeness (QED) is 0.340. The molecule has 29 heavy (non-hydrogen) atoms. The molecule has 1 N–H and O–H groups in total. The minimum atomic E-state index is -4.47. The predicted molar refractivity (Wildman–Crippen MR) is 113 cm³/mol. The van der Waals surface area contributed by atoms with Crippen LogP contribution in [0.25, 0.3) is 0 Å². The zero-order valence-corrected chi connectivity index (χ0v) is 17.1. The molecule has 0 aromatic heterocycles. The summed E-state index contributed by atoms with van der Waals surface area (Å²) in [7, 11) is 0. The van der Waals surface area contributed by atoms with Crippen LogP contribution in [0.1, 0.15) is 31.8 Å². The second kappa shape index (κ2) is 8.77. The lowest BCUT2D eigenvalue weighted by Crippen LogP contribution is -2.16. The van der Waals surface area contributed by atoms with Crippen molar-refractivity contribution in [2.45, 2.75) is 12.6 Å². The molecule has 0 aliphatic carbocycles. The Labute approximate surface area is 179 Å². The number of ketones is 1.